The third kappa shape index (κ3) is 1.36. The molecule has 0 saturated heterocycles. The molecule has 0 amide bonds. The van der Waals surface area contributed by atoms with Crippen LogP contribution >= 0.6 is 0 Å². The van der Waals surface area contributed by atoms with Crippen molar-refractivity contribution >= 4 is 17.5 Å². The van der Waals surface area contributed by atoms with Crippen LogP contribution < -0.4 is 9.80 Å². The van der Waals surface area contributed by atoms with Crippen LogP contribution in [0.15, 0.2) is 48.2 Å². The Kier molecular flexibility index (Phi) is 2.10. The van der Waals surface area contributed by atoms with Crippen molar-refractivity contribution in [3.05, 3.63) is 64.9 Å². The SMILES string of the molecule is CC(C)(C)C1=Cc2cccc3c2C2N(C3)c3ccccc3N12. The number of benzene rings is 2. The van der Waals surface area contributed by atoms with Gasteiger partial charge < -0.3 is 9.80 Å². The highest BCUT2D eigenvalue weighted by molar-refractivity contribution is 5.87. The van der Waals surface area contributed by atoms with E-state index in [-0.39, 0.29) is 5.41 Å². The predicted molar refractivity (Wildman–Crippen MR) is 91.7 cm³/mol. The Morgan fingerprint density at radius 2 is 1.73 bits per heavy atom. The fourth-order valence-electron chi connectivity index (χ4n) is 4.22. The molecule has 5 rings (SSSR count). The molecule has 3 aliphatic heterocycles. The summed E-state index contributed by atoms with van der Waals surface area (Å²) in [5.74, 6) is 0. The summed E-state index contributed by atoms with van der Waals surface area (Å²) in [4.78, 5) is 5.12. The average molecular weight is 288 g/mol. The Morgan fingerprint density at radius 1 is 0.955 bits per heavy atom. The molecule has 3 heterocycles. The molecule has 0 N–H and O–H groups in total. The molecule has 0 bridgehead atoms. The van der Waals surface area contributed by atoms with Crippen molar-refractivity contribution in [1.82, 2.24) is 0 Å². The van der Waals surface area contributed by atoms with Crippen molar-refractivity contribution in [1.29, 1.82) is 0 Å². The summed E-state index contributed by atoms with van der Waals surface area (Å²) >= 11 is 0. The van der Waals surface area contributed by atoms with Crippen LogP contribution in [0.4, 0.5) is 11.4 Å². The van der Waals surface area contributed by atoms with Crippen LogP contribution in [0.5, 0.6) is 0 Å². The van der Waals surface area contributed by atoms with Gasteiger partial charge in [0.15, 0.2) is 0 Å². The molecule has 0 radical (unpaired) electrons. The second kappa shape index (κ2) is 3.75. The van der Waals surface area contributed by atoms with E-state index in [1.807, 2.05) is 0 Å². The van der Waals surface area contributed by atoms with Gasteiger partial charge in [-0.25, -0.2) is 0 Å². The van der Waals surface area contributed by atoms with E-state index < -0.39 is 0 Å². The highest BCUT2D eigenvalue weighted by atomic mass is 15.4. The molecule has 1 unspecified atom stereocenters. The number of hydrogen-bond acceptors (Lipinski definition) is 2. The monoisotopic (exact) mass is 288 g/mol. The van der Waals surface area contributed by atoms with Gasteiger partial charge >= 0.3 is 0 Å². The largest absolute Gasteiger partial charge is 0.341 e. The Morgan fingerprint density at radius 3 is 2.50 bits per heavy atom. The number of hydrogen-bond donors (Lipinski definition) is 0. The lowest BCUT2D eigenvalue weighted by Gasteiger charge is -2.40. The Balaban J connectivity index is 1.85. The first-order chi connectivity index (χ1) is 10.6. The maximum absolute atomic E-state index is 2.56. The second-order valence-corrected chi connectivity index (χ2v) is 7.56. The van der Waals surface area contributed by atoms with E-state index >= 15 is 0 Å². The van der Waals surface area contributed by atoms with Gasteiger partial charge in [-0.2, -0.15) is 0 Å². The zero-order valence-electron chi connectivity index (χ0n) is 13.3. The van der Waals surface area contributed by atoms with Gasteiger partial charge in [-0.3, -0.25) is 0 Å². The number of nitrogens with zero attached hydrogens (tertiary/aromatic N) is 2. The molecule has 2 aromatic carbocycles. The molecule has 2 aromatic rings. The van der Waals surface area contributed by atoms with Gasteiger partial charge in [0.1, 0.15) is 6.17 Å². The van der Waals surface area contributed by atoms with Crippen molar-refractivity contribution in [2.45, 2.75) is 33.5 Å². The highest BCUT2D eigenvalue weighted by Crippen LogP contribution is 2.57. The fraction of sp³-hybridized carbons (Fsp3) is 0.300. The van der Waals surface area contributed by atoms with E-state index in [1.165, 1.54) is 33.8 Å². The zero-order valence-corrected chi connectivity index (χ0v) is 13.3. The van der Waals surface area contributed by atoms with E-state index in [1.54, 1.807) is 0 Å². The van der Waals surface area contributed by atoms with Gasteiger partial charge in [0, 0.05) is 23.2 Å². The first kappa shape index (κ1) is 12.3. The quantitative estimate of drug-likeness (QED) is 0.678. The zero-order chi connectivity index (χ0) is 15.1. The summed E-state index contributed by atoms with van der Waals surface area (Å²) in [6, 6.07) is 15.6. The Hall–Kier alpha value is -2.22. The smallest absolute Gasteiger partial charge is 0.134 e. The van der Waals surface area contributed by atoms with Crippen LogP contribution in [-0.2, 0) is 6.54 Å². The van der Waals surface area contributed by atoms with E-state index in [9.17, 15) is 0 Å². The summed E-state index contributed by atoms with van der Waals surface area (Å²) in [5.41, 5.74) is 8.65. The maximum atomic E-state index is 2.56. The van der Waals surface area contributed by atoms with Crippen molar-refractivity contribution in [3.8, 4) is 0 Å². The molecule has 0 spiro atoms. The van der Waals surface area contributed by atoms with Crippen LogP contribution in [0.1, 0.15) is 43.6 Å². The first-order valence-electron chi connectivity index (χ1n) is 8.04. The molecule has 110 valence electrons. The molecule has 1 atom stereocenters. The highest BCUT2D eigenvalue weighted by Gasteiger charge is 2.48. The van der Waals surface area contributed by atoms with Crippen molar-refractivity contribution in [2.24, 2.45) is 5.41 Å². The van der Waals surface area contributed by atoms with Crippen molar-refractivity contribution < 1.29 is 0 Å². The number of fused-ring (bicyclic) bond motifs is 3. The number of rotatable bonds is 0. The number of para-hydroxylation sites is 2. The lowest BCUT2D eigenvalue weighted by Crippen LogP contribution is -2.37. The lowest BCUT2D eigenvalue weighted by atomic mass is 9.85. The van der Waals surface area contributed by atoms with Gasteiger partial charge in [0.2, 0.25) is 0 Å². The molecule has 0 saturated carbocycles. The topological polar surface area (TPSA) is 6.48 Å². The normalized spacial score (nSPS) is 20.9. The maximum Gasteiger partial charge on any atom is 0.134 e. The van der Waals surface area contributed by atoms with Gasteiger partial charge in [0.05, 0.1) is 11.4 Å². The van der Waals surface area contributed by atoms with Crippen molar-refractivity contribution in [3.63, 3.8) is 0 Å². The minimum atomic E-state index is 0.124. The van der Waals surface area contributed by atoms with Gasteiger partial charge in [0.25, 0.3) is 0 Å². The van der Waals surface area contributed by atoms with E-state index in [4.69, 9.17) is 0 Å². The van der Waals surface area contributed by atoms with E-state index in [2.05, 4.69) is 79.1 Å². The molecule has 22 heavy (non-hydrogen) atoms. The number of anilines is 2. The van der Waals surface area contributed by atoms with Crippen LogP contribution in [0.25, 0.3) is 6.08 Å². The van der Waals surface area contributed by atoms with Crippen LogP contribution in [0, 0.1) is 5.41 Å². The predicted octanol–water partition coefficient (Wildman–Crippen LogP) is 4.93. The third-order valence-electron chi connectivity index (χ3n) is 5.14. The second-order valence-electron chi connectivity index (χ2n) is 7.56. The first-order valence-corrected chi connectivity index (χ1v) is 8.04. The summed E-state index contributed by atoms with van der Waals surface area (Å²) < 4.78 is 0. The average Bonchev–Trinajstić information content (AvgIpc) is 3.01. The summed E-state index contributed by atoms with van der Waals surface area (Å²) in [5, 5.41) is 0. The van der Waals surface area contributed by atoms with Gasteiger partial charge in [-0.1, -0.05) is 51.1 Å². The van der Waals surface area contributed by atoms with Crippen LogP contribution in [0.3, 0.4) is 0 Å². The molecular weight excluding hydrogens is 268 g/mol. The molecule has 0 fully saturated rings. The summed E-state index contributed by atoms with van der Waals surface area (Å²) in [6.07, 6.45) is 2.75. The van der Waals surface area contributed by atoms with Gasteiger partial charge in [-0.15, -0.1) is 0 Å². The summed E-state index contributed by atoms with van der Waals surface area (Å²) in [6.45, 7) is 7.96. The number of allylic oxidation sites excluding steroid dienone is 1. The summed E-state index contributed by atoms with van der Waals surface area (Å²) in [7, 11) is 0. The molecule has 3 aliphatic rings. The van der Waals surface area contributed by atoms with Crippen molar-refractivity contribution in [2.75, 3.05) is 9.80 Å². The van der Waals surface area contributed by atoms with Crippen LogP contribution in [-0.4, -0.2) is 0 Å². The minimum Gasteiger partial charge on any atom is -0.341 e. The standard InChI is InChI=1S/C20H20N2/c1-20(2,3)17-11-13-7-6-8-14-12-21-15-9-4-5-10-16(15)22(17)19(21)18(13)14/h4-11,19H,12H2,1-3H3. The molecule has 0 aromatic heterocycles. The minimum absolute atomic E-state index is 0.124. The molecule has 0 aliphatic carbocycles. The molecule has 2 nitrogen and oxygen atoms in total. The molecular formula is C20H20N2. The fourth-order valence-corrected chi connectivity index (χ4v) is 4.22. The Bertz CT molecular complexity index is 826. The van der Waals surface area contributed by atoms with Crippen LogP contribution in [0.2, 0.25) is 0 Å². The third-order valence-corrected chi connectivity index (χ3v) is 5.14. The lowest BCUT2D eigenvalue weighted by molar-refractivity contribution is 0.470. The van der Waals surface area contributed by atoms with Gasteiger partial charge in [-0.05, 0) is 29.3 Å². The van der Waals surface area contributed by atoms with E-state index in [0.717, 1.165) is 6.54 Å². The Labute approximate surface area is 131 Å². The molecule has 2 heteroatoms. The van der Waals surface area contributed by atoms with E-state index in [0.29, 0.717) is 6.17 Å².